The molecule has 168 valence electrons. The number of hydrogen-bond donors (Lipinski definition) is 0. The molecule has 1 heterocycles. The molecule has 1 fully saturated rings. The van der Waals surface area contributed by atoms with Gasteiger partial charge in [-0.1, -0.05) is 41.4 Å². The molecule has 0 aromatic heterocycles. The van der Waals surface area contributed by atoms with E-state index in [1.54, 1.807) is 32.0 Å². The van der Waals surface area contributed by atoms with Gasteiger partial charge >= 0.3 is 5.97 Å². The Morgan fingerprint density at radius 2 is 1.84 bits per heavy atom. The van der Waals surface area contributed by atoms with E-state index in [0.29, 0.717) is 22.9 Å². The van der Waals surface area contributed by atoms with Gasteiger partial charge in [-0.2, -0.15) is 0 Å². The second-order valence-electron chi connectivity index (χ2n) is 7.00. The van der Waals surface area contributed by atoms with Gasteiger partial charge in [-0.15, -0.1) is 0 Å². The lowest BCUT2D eigenvalue weighted by atomic mass is 10.2. The molecule has 2 aromatic carbocycles. The first kappa shape index (κ1) is 24.1. The molecule has 1 saturated heterocycles. The van der Waals surface area contributed by atoms with E-state index in [1.807, 2.05) is 0 Å². The van der Waals surface area contributed by atoms with E-state index < -0.39 is 29.5 Å². The van der Waals surface area contributed by atoms with E-state index >= 15 is 0 Å². The number of rotatable bonds is 7. The summed E-state index contributed by atoms with van der Waals surface area (Å²) in [7, 11) is 0. The van der Waals surface area contributed by atoms with Crippen LogP contribution in [0, 0.1) is 5.82 Å². The van der Waals surface area contributed by atoms with Crippen molar-refractivity contribution in [2.45, 2.75) is 26.6 Å². The van der Waals surface area contributed by atoms with Crippen molar-refractivity contribution < 1.29 is 28.2 Å². The number of carbonyl (C=O) groups excluding carboxylic acids is 3. The van der Waals surface area contributed by atoms with Crippen molar-refractivity contribution in [2.75, 3.05) is 6.54 Å². The normalized spacial score (nSPS) is 15.1. The predicted molar refractivity (Wildman–Crippen MR) is 121 cm³/mol. The Kier molecular flexibility index (Phi) is 7.82. The Morgan fingerprint density at radius 3 is 2.47 bits per heavy atom. The van der Waals surface area contributed by atoms with Gasteiger partial charge in [0.25, 0.3) is 11.1 Å². The fourth-order valence-corrected chi connectivity index (χ4v) is 4.23. The fraction of sp³-hybridized carbons (Fsp3) is 0.227. The van der Waals surface area contributed by atoms with Crippen molar-refractivity contribution in [1.82, 2.24) is 4.90 Å². The fourth-order valence-electron chi connectivity index (χ4n) is 2.78. The summed E-state index contributed by atoms with van der Waals surface area (Å²) in [5.41, 5.74) is 0.793. The zero-order chi connectivity index (χ0) is 23.4. The third kappa shape index (κ3) is 5.82. The molecule has 1 aliphatic heterocycles. The van der Waals surface area contributed by atoms with Crippen molar-refractivity contribution in [3.63, 3.8) is 0 Å². The van der Waals surface area contributed by atoms with Gasteiger partial charge in [-0.25, -0.2) is 4.39 Å². The van der Waals surface area contributed by atoms with Crippen LogP contribution in [-0.2, 0) is 20.9 Å². The van der Waals surface area contributed by atoms with Crippen molar-refractivity contribution in [1.29, 1.82) is 0 Å². The van der Waals surface area contributed by atoms with Gasteiger partial charge in [0.15, 0.2) is 5.75 Å². The summed E-state index contributed by atoms with van der Waals surface area (Å²) >= 11 is 13.2. The molecule has 32 heavy (non-hydrogen) atoms. The first-order valence-electron chi connectivity index (χ1n) is 9.45. The minimum Gasteiger partial charge on any atom is -0.486 e. The number of esters is 1. The number of nitrogens with zero attached hydrogens (tertiary/aromatic N) is 1. The average Bonchev–Trinajstić information content (AvgIpc) is 2.95. The molecular formula is C22H18Cl2FNO5S. The smallest absolute Gasteiger partial charge is 0.326 e. The molecule has 0 radical (unpaired) electrons. The summed E-state index contributed by atoms with van der Waals surface area (Å²) < 4.78 is 24.3. The number of halogens is 3. The maximum atomic E-state index is 13.8. The monoisotopic (exact) mass is 497 g/mol. The molecule has 0 saturated carbocycles. The Morgan fingerprint density at radius 1 is 1.19 bits per heavy atom. The first-order valence-corrected chi connectivity index (χ1v) is 11.0. The summed E-state index contributed by atoms with van der Waals surface area (Å²) in [5, 5.41) is -0.274. The molecule has 0 aliphatic carbocycles. The largest absolute Gasteiger partial charge is 0.486 e. The van der Waals surface area contributed by atoms with Crippen molar-refractivity contribution >= 4 is 58.2 Å². The van der Waals surface area contributed by atoms with Crippen LogP contribution in [0.5, 0.6) is 5.75 Å². The molecule has 3 rings (SSSR count). The Hall–Kier alpha value is -2.55. The van der Waals surface area contributed by atoms with Crippen LogP contribution in [0.4, 0.5) is 9.18 Å². The lowest BCUT2D eigenvalue weighted by molar-refractivity contribution is -0.149. The number of benzene rings is 2. The summed E-state index contributed by atoms with van der Waals surface area (Å²) in [6, 6.07) is 9.17. The minimum atomic E-state index is -0.675. The number of hydrogen-bond acceptors (Lipinski definition) is 6. The topological polar surface area (TPSA) is 72.9 Å². The number of ether oxygens (including phenoxy) is 2. The SMILES string of the molecule is CC(C)OC(=O)CN1C(=O)S/C(=C/c2cc(Cl)c(OCc3ccccc3F)c(Cl)c2)C1=O. The summed E-state index contributed by atoms with van der Waals surface area (Å²) in [4.78, 5) is 37.4. The second-order valence-corrected chi connectivity index (χ2v) is 8.81. The highest BCUT2D eigenvalue weighted by Crippen LogP contribution is 2.37. The van der Waals surface area contributed by atoms with Gasteiger partial charge in [0, 0.05) is 5.56 Å². The summed E-state index contributed by atoms with van der Waals surface area (Å²) in [5.74, 6) is -1.54. The van der Waals surface area contributed by atoms with Crippen molar-refractivity contribution in [2.24, 2.45) is 0 Å². The number of carbonyl (C=O) groups is 3. The van der Waals surface area contributed by atoms with Crippen LogP contribution in [0.2, 0.25) is 10.0 Å². The second kappa shape index (κ2) is 10.4. The average molecular weight is 498 g/mol. The van der Waals surface area contributed by atoms with Gasteiger partial charge in [-0.3, -0.25) is 19.3 Å². The number of imide groups is 1. The molecule has 2 aromatic rings. The van der Waals surface area contributed by atoms with Crippen LogP contribution in [-0.4, -0.2) is 34.7 Å². The molecule has 1 aliphatic rings. The molecular weight excluding hydrogens is 480 g/mol. The Bertz CT molecular complexity index is 1080. The number of amides is 2. The van der Waals surface area contributed by atoms with E-state index in [9.17, 15) is 18.8 Å². The van der Waals surface area contributed by atoms with E-state index in [4.69, 9.17) is 32.7 Å². The molecule has 0 bridgehead atoms. The zero-order valence-electron chi connectivity index (χ0n) is 17.1. The van der Waals surface area contributed by atoms with Gasteiger partial charge < -0.3 is 9.47 Å². The maximum absolute atomic E-state index is 13.8. The third-order valence-corrected chi connectivity index (χ3v) is 5.65. The Balaban J connectivity index is 1.74. The van der Waals surface area contributed by atoms with E-state index in [2.05, 4.69) is 0 Å². The van der Waals surface area contributed by atoms with Crippen LogP contribution in [0.1, 0.15) is 25.0 Å². The van der Waals surface area contributed by atoms with E-state index in [-0.39, 0.29) is 33.4 Å². The van der Waals surface area contributed by atoms with Crippen LogP contribution in [0.25, 0.3) is 6.08 Å². The van der Waals surface area contributed by atoms with Gasteiger partial charge in [0.2, 0.25) is 0 Å². The van der Waals surface area contributed by atoms with Crippen molar-refractivity contribution in [3.8, 4) is 5.75 Å². The highest BCUT2D eigenvalue weighted by atomic mass is 35.5. The van der Waals surface area contributed by atoms with Gasteiger partial charge in [0.1, 0.15) is 19.0 Å². The third-order valence-electron chi connectivity index (χ3n) is 4.18. The summed E-state index contributed by atoms with van der Waals surface area (Å²) in [6.07, 6.45) is 1.08. The van der Waals surface area contributed by atoms with E-state index in [1.165, 1.54) is 24.3 Å². The molecule has 0 N–H and O–H groups in total. The number of thioether (sulfide) groups is 1. The van der Waals surface area contributed by atoms with Crippen LogP contribution in [0.3, 0.4) is 0 Å². The predicted octanol–water partition coefficient (Wildman–Crippen LogP) is 5.70. The highest BCUT2D eigenvalue weighted by molar-refractivity contribution is 8.18. The quantitative estimate of drug-likeness (QED) is 0.360. The van der Waals surface area contributed by atoms with Crippen LogP contribution >= 0.6 is 35.0 Å². The van der Waals surface area contributed by atoms with Crippen LogP contribution < -0.4 is 4.74 Å². The summed E-state index contributed by atoms with van der Waals surface area (Å²) in [6.45, 7) is 2.80. The van der Waals surface area contributed by atoms with Gasteiger partial charge in [0.05, 0.1) is 21.1 Å². The first-order chi connectivity index (χ1) is 15.2. The minimum absolute atomic E-state index is 0.0726. The molecule has 10 heteroatoms. The standard InChI is InChI=1S/C22H18Cl2FNO5S/c1-12(2)31-19(27)10-26-21(28)18(32-22(26)29)9-13-7-15(23)20(16(24)8-13)30-11-14-5-3-4-6-17(14)25/h3-9,12H,10-11H2,1-2H3/b18-9+. The maximum Gasteiger partial charge on any atom is 0.326 e. The highest BCUT2D eigenvalue weighted by Gasteiger charge is 2.36. The molecule has 6 nitrogen and oxygen atoms in total. The van der Waals surface area contributed by atoms with Gasteiger partial charge in [-0.05, 0) is 55.4 Å². The van der Waals surface area contributed by atoms with Crippen LogP contribution in [0.15, 0.2) is 41.3 Å². The molecule has 0 unspecified atom stereocenters. The Labute approximate surface area is 198 Å². The molecule has 2 amide bonds. The molecule has 0 spiro atoms. The zero-order valence-corrected chi connectivity index (χ0v) is 19.4. The lowest BCUT2D eigenvalue weighted by Crippen LogP contribution is -2.35. The lowest BCUT2D eigenvalue weighted by Gasteiger charge is -2.13. The van der Waals surface area contributed by atoms with E-state index in [0.717, 1.165) is 4.90 Å². The molecule has 0 atom stereocenters. The van der Waals surface area contributed by atoms with Crippen molar-refractivity contribution in [3.05, 3.63) is 68.3 Å².